The van der Waals surface area contributed by atoms with Crippen molar-refractivity contribution in [2.24, 2.45) is 4.36 Å². The molecule has 34 heavy (non-hydrogen) atoms. The summed E-state index contributed by atoms with van der Waals surface area (Å²) in [7, 11) is -2.52. The van der Waals surface area contributed by atoms with E-state index in [0.717, 1.165) is 45.0 Å². The summed E-state index contributed by atoms with van der Waals surface area (Å²) in [5.41, 5.74) is 2.87. The van der Waals surface area contributed by atoms with E-state index in [4.69, 9.17) is 4.74 Å². The summed E-state index contributed by atoms with van der Waals surface area (Å²) in [6.45, 7) is 11.3. The quantitative estimate of drug-likeness (QED) is 0.518. The minimum Gasteiger partial charge on any atom is -0.379 e. The van der Waals surface area contributed by atoms with Gasteiger partial charge in [-0.1, -0.05) is 40.3 Å². The van der Waals surface area contributed by atoms with Crippen molar-refractivity contribution in [3.05, 3.63) is 59.7 Å². The molecule has 3 rings (SSSR count). The zero-order chi connectivity index (χ0) is 23.1. The van der Waals surface area contributed by atoms with Gasteiger partial charge in [0.1, 0.15) is 0 Å². The highest BCUT2D eigenvalue weighted by Crippen LogP contribution is 2.26. The second-order valence-electron chi connectivity index (χ2n) is 8.92. The molecule has 0 saturated carbocycles. The van der Waals surface area contributed by atoms with E-state index in [9.17, 15) is 13.2 Å². The van der Waals surface area contributed by atoms with Crippen LogP contribution in [0.3, 0.4) is 0 Å². The minimum absolute atomic E-state index is 0. The third-order valence-electron chi connectivity index (χ3n) is 5.54. The Labute approximate surface area is 211 Å². The fraction of sp³-hybridized carbons (Fsp3) is 0.480. The molecule has 0 radical (unpaired) electrons. The molecule has 1 aliphatic heterocycles. The van der Waals surface area contributed by atoms with Crippen molar-refractivity contribution < 1.29 is 17.9 Å². The predicted octanol–water partition coefficient (Wildman–Crippen LogP) is 5.11. The molecule has 2 aromatic rings. The van der Waals surface area contributed by atoms with Crippen molar-refractivity contribution >= 4 is 40.2 Å². The topological polar surface area (TPSA) is 79.3 Å². The molecule has 0 unspecified atom stereocenters. The van der Waals surface area contributed by atoms with Crippen LogP contribution in [0.2, 0.25) is 0 Å². The smallest absolute Gasteiger partial charge is 0.316 e. The van der Waals surface area contributed by atoms with Gasteiger partial charge in [-0.3, -0.25) is 9.69 Å². The number of anilines is 1. The predicted molar refractivity (Wildman–Crippen MR) is 140 cm³/mol. The highest BCUT2D eigenvalue weighted by atomic mass is 35.5. The lowest BCUT2D eigenvalue weighted by Crippen LogP contribution is -2.39. The number of carbonyl (C=O) groups is 1. The highest BCUT2D eigenvalue weighted by molar-refractivity contribution is 7.61. The molecule has 0 aromatic heterocycles. The van der Waals surface area contributed by atoms with Crippen LogP contribution in [-0.2, 0) is 20.7 Å². The molecule has 7 nitrogen and oxygen atoms in total. The van der Waals surface area contributed by atoms with E-state index in [1.54, 1.807) is 17.0 Å². The van der Waals surface area contributed by atoms with E-state index in [0.29, 0.717) is 17.8 Å². The Balaban J connectivity index is 0.00000289. The van der Waals surface area contributed by atoms with E-state index in [1.807, 2.05) is 12.1 Å². The molecule has 0 aliphatic carbocycles. The average Bonchev–Trinajstić information content (AvgIpc) is 2.77. The van der Waals surface area contributed by atoms with Crippen molar-refractivity contribution in [3.8, 4) is 0 Å². The third kappa shape index (κ3) is 8.51. The summed E-state index contributed by atoms with van der Waals surface area (Å²) in [5.74, 6) is -0.120. The first kappa shape index (κ1) is 29.8. The van der Waals surface area contributed by atoms with Crippen LogP contribution in [0.5, 0.6) is 0 Å². The largest absolute Gasteiger partial charge is 0.379 e. The number of halogens is 1. The molecule has 1 fully saturated rings. The SMILES string of the molecule is C.CC(C)(C)c1ccc(N(CCCN2CCOCC2)C(=O)c2ccc(N=S(=O)=O)cc2)cc1.Cl. The molecular formula is C25H36ClN3O4S. The Kier molecular flexibility index (Phi) is 11.9. The van der Waals surface area contributed by atoms with Gasteiger partial charge in [0, 0.05) is 37.4 Å². The first-order valence-corrected chi connectivity index (χ1v) is 11.9. The molecule has 0 bridgehead atoms. The maximum absolute atomic E-state index is 13.4. The van der Waals surface area contributed by atoms with Crippen LogP contribution in [0.25, 0.3) is 0 Å². The van der Waals surface area contributed by atoms with E-state index >= 15 is 0 Å². The molecule has 0 atom stereocenters. The van der Waals surface area contributed by atoms with Gasteiger partial charge in [-0.2, -0.15) is 8.42 Å². The zero-order valence-corrected chi connectivity index (χ0v) is 21.0. The number of amides is 1. The lowest BCUT2D eigenvalue weighted by molar-refractivity contribution is 0.0376. The molecule has 1 aliphatic rings. The van der Waals surface area contributed by atoms with Gasteiger partial charge in [0.25, 0.3) is 5.91 Å². The van der Waals surface area contributed by atoms with Crippen molar-refractivity contribution in [1.29, 1.82) is 0 Å². The molecule has 9 heteroatoms. The van der Waals surface area contributed by atoms with Crippen LogP contribution in [-0.4, -0.2) is 58.6 Å². The first-order chi connectivity index (χ1) is 15.2. The van der Waals surface area contributed by atoms with E-state index < -0.39 is 10.5 Å². The standard InChI is InChI=1S/C24H31N3O4S.CH4.ClH/c1-24(2,3)20-7-11-22(12-8-20)27(14-4-13-26-15-17-31-18-16-26)23(28)19-5-9-21(10-6-19)25-32(29)30;;/h5-12H,4,13-18H2,1-3H3;1H4;1H. The third-order valence-corrected chi connectivity index (χ3v) is 5.90. The van der Waals surface area contributed by atoms with Crippen molar-refractivity contribution in [2.45, 2.75) is 40.0 Å². The van der Waals surface area contributed by atoms with Gasteiger partial charge in [-0.25, -0.2) is 0 Å². The van der Waals surface area contributed by atoms with Crippen molar-refractivity contribution in [3.63, 3.8) is 0 Å². The Morgan fingerprint density at radius 1 is 1.03 bits per heavy atom. The number of hydrogen-bond donors (Lipinski definition) is 0. The fourth-order valence-corrected chi connectivity index (χ4v) is 3.97. The number of ether oxygens (including phenoxy) is 1. The number of carbonyl (C=O) groups excluding carboxylic acids is 1. The van der Waals surface area contributed by atoms with Crippen LogP contribution in [0.15, 0.2) is 52.9 Å². The van der Waals surface area contributed by atoms with E-state index in [1.165, 1.54) is 17.7 Å². The Morgan fingerprint density at radius 3 is 2.15 bits per heavy atom. The molecule has 0 N–H and O–H groups in total. The molecule has 2 aromatic carbocycles. The zero-order valence-electron chi connectivity index (χ0n) is 19.4. The number of morpholine rings is 1. The second-order valence-corrected chi connectivity index (χ2v) is 9.53. The highest BCUT2D eigenvalue weighted by Gasteiger charge is 2.20. The molecule has 1 heterocycles. The van der Waals surface area contributed by atoms with Gasteiger partial charge >= 0.3 is 10.5 Å². The van der Waals surface area contributed by atoms with Crippen LogP contribution < -0.4 is 4.90 Å². The Bertz CT molecular complexity index is 1040. The summed E-state index contributed by atoms with van der Waals surface area (Å²) >= 11 is 0. The maximum Gasteiger partial charge on any atom is 0.316 e. The Hall–Kier alpha value is -2.26. The molecule has 0 spiro atoms. The molecule has 1 amide bonds. The first-order valence-electron chi connectivity index (χ1n) is 10.9. The van der Waals surface area contributed by atoms with Gasteiger partial charge in [0.05, 0.1) is 18.9 Å². The van der Waals surface area contributed by atoms with Gasteiger partial charge in [0.2, 0.25) is 0 Å². The van der Waals surface area contributed by atoms with Crippen LogP contribution in [0.4, 0.5) is 11.4 Å². The normalized spacial score (nSPS) is 13.9. The Morgan fingerprint density at radius 2 is 1.62 bits per heavy atom. The molecule has 188 valence electrons. The fourth-order valence-electron chi connectivity index (χ4n) is 3.67. The lowest BCUT2D eigenvalue weighted by Gasteiger charge is -2.29. The van der Waals surface area contributed by atoms with Gasteiger partial charge < -0.3 is 9.64 Å². The van der Waals surface area contributed by atoms with E-state index in [-0.39, 0.29) is 31.2 Å². The van der Waals surface area contributed by atoms with Gasteiger partial charge in [0.15, 0.2) is 0 Å². The van der Waals surface area contributed by atoms with Crippen LogP contribution >= 0.6 is 12.4 Å². The summed E-state index contributed by atoms with van der Waals surface area (Å²) in [6, 6.07) is 14.5. The summed E-state index contributed by atoms with van der Waals surface area (Å²) in [5, 5.41) is 0. The number of benzene rings is 2. The molecule has 1 saturated heterocycles. The second kappa shape index (κ2) is 13.6. The maximum atomic E-state index is 13.4. The number of hydrogen-bond acceptors (Lipinski definition) is 6. The summed E-state index contributed by atoms with van der Waals surface area (Å²) in [6.07, 6.45) is 0.843. The van der Waals surface area contributed by atoms with Crippen LogP contribution in [0.1, 0.15) is 50.5 Å². The molecular weight excluding hydrogens is 474 g/mol. The monoisotopic (exact) mass is 509 g/mol. The summed E-state index contributed by atoms with van der Waals surface area (Å²) < 4.78 is 30.4. The van der Waals surface area contributed by atoms with Gasteiger partial charge in [-0.15, -0.1) is 16.8 Å². The van der Waals surface area contributed by atoms with Crippen molar-refractivity contribution in [2.75, 3.05) is 44.3 Å². The lowest BCUT2D eigenvalue weighted by atomic mass is 9.87. The van der Waals surface area contributed by atoms with Crippen LogP contribution in [0, 0.1) is 0 Å². The van der Waals surface area contributed by atoms with E-state index in [2.05, 4.69) is 42.2 Å². The van der Waals surface area contributed by atoms with Gasteiger partial charge in [-0.05, 0) is 53.8 Å². The van der Waals surface area contributed by atoms with Crippen molar-refractivity contribution in [1.82, 2.24) is 4.90 Å². The minimum atomic E-state index is -2.52. The number of nitrogens with zero attached hydrogens (tertiary/aromatic N) is 3. The summed E-state index contributed by atoms with van der Waals surface area (Å²) in [4.78, 5) is 17.5. The average molecular weight is 510 g/mol. The number of rotatable bonds is 7.